The summed E-state index contributed by atoms with van der Waals surface area (Å²) in [5.41, 5.74) is 0.252. The van der Waals surface area contributed by atoms with Crippen molar-refractivity contribution in [2.24, 2.45) is 0 Å². The zero-order chi connectivity index (χ0) is 21.0. The second-order valence-corrected chi connectivity index (χ2v) is 8.62. The van der Waals surface area contributed by atoms with Crippen molar-refractivity contribution >= 4 is 32.4 Å². The molecule has 0 bridgehead atoms. The van der Waals surface area contributed by atoms with Gasteiger partial charge in [0.1, 0.15) is 11.5 Å². The zero-order valence-corrected chi connectivity index (χ0v) is 17.2. The monoisotopic (exact) mass is 414 g/mol. The number of hydrogen-bond acceptors (Lipinski definition) is 5. The van der Waals surface area contributed by atoms with Crippen molar-refractivity contribution in [2.75, 3.05) is 33.1 Å². The molecule has 0 saturated carbocycles. The standard InChI is InChI=1S/C21H22N2O5S/c1-23(2)29(25,26)16-11-12-20(27-3)18(13-16)22-21(24)14-28-19-10-6-8-15-7-4-5-9-17(15)19/h4-13H,14H2,1-3H3,(H,22,24). The largest absolute Gasteiger partial charge is 0.495 e. The van der Waals surface area contributed by atoms with Crippen LogP contribution in [0.1, 0.15) is 0 Å². The molecule has 3 aromatic carbocycles. The fourth-order valence-corrected chi connectivity index (χ4v) is 3.74. The summed E-state index contributed by atoms with van der Waals surface area (Å²) in [5.74, 6) is 0.506. The Balaban J connectivity index is 1.78. The summed E-state index contributed by atoms with van der Waals surface area (Å²) < 4.78 is 36.7. The van der Waals surface area contributed by atoms with Gasteiger partial charge in [-0.25, -0.2) is 12.7 Å². The van der Waals surface area contributed by atoms with Gasteiger partial charge < -0.3 is 14.8 Å². The minimum atomic E-state index is -3.64. The predicted molar refractivity (Wildman–Crippen MR) is 112 cm³/mol. The molecule has 29 heavy (non-hydrogen) atoms. The fraction of sp³-hybridized carbons (Fsp3) is 0.190. The molecule has 8 heteroatoms. The fourth-order valence-electron chi connectivity index (χ4n) is 2.81. The molecule has 0 spiro atoms. The number of nitrogens with one attached hydrogen (secondary N) is 1. The lowest BCUT2D eigenvalue weighted by Crippen LogP contribution is -2.23. The third-order valence-corrected chi connectivity index (χ3v) is 6.14. The topological polar surface area (TPSA) is 84.9 Å². The minimum Gasteiger partial charge on any atom is -0.495 e. The van der Waals surface area contributed by atoms with E-state index in [1.807, 2.05) is 36.4 Å². The van der Waals surface area contributed by atoms with Gasteiger partial charge >= 0.3 is 0 Å². The number of carbonyl (C=O) groups excluding carboxylic acids is 1. The average Bonchev–Trinajstić information content (AvgIpc) is 2.72. The molecule has 0 radical (unpaired) electrons. The number of methoxy groups -OCH3 is 1. The van der Waals surface area contributed by atoms with E-state index >= 15 is 0 Å². The van der Waals surface area contributed by atoms with Gasteiger partial charge in [-0.2, -0.15) is 0 Å². The summed E-state index contributed by atoms with van der Waals surface area (Å²) in [6.45, 7) is -0.234. The van der Waals surface area contributed by atoms with E-state index < -0.39 is 15.9 Å². The molecule has 1 amide bonds. The molecule has 0 atom stereocenters. The van der Waals surface area contributed by atoms with E-state index in [2.05, 4.69) is 5.32 Å². The highest BCUT2D eigenvalue weighted by atomic mass is 32.2. The Morgan fingerprint density at radius 2 is 1.72 bits per heavy atom. The van der Waals surface area contributed by atoms with Crippen LogP contribution in [-0.4, -0.2) is 46.4 Å². The van der Waals surface area contributed by atoms with Gasteiger partial charge in [-0.3, -0.25) is 4.79 Å². The van der Waals surface area contributed by atoms with Crippen molar-refractivity contribution in [3.8, 4) is 11.5 Å². The van der Waals surface area contributed by atoms with E-state index in [9.17, 15) is 13.2 Å². The molecule has 7 nitrogen and oxygen atoms in total. The second-order valence-electron chi connectivity index (χ2n) is 6.46. The molecule has 0 heterocycles. The van der Waals surface area contributed by atoms with E-state index in [0.29, 0.717) is 11.5 Å². The SMILES string of the molecule is COc1ccc(S(=O)(=O)N(C)C)cc1NC(=O)COc1cccc2ccccc12. The van der Waals surface area contributed by atoms with Crippen LogP contribution in [0.2, 0.25) is 0 Å². The molecule has 1 N–H and O–H groups in total. The van der Waals surface area contributed by atoms with E-state index in [0.717, 1.165) is 15.1 Å². The van der Waals surface area contributed by atoms with Gasteiger partial charge in [-0.05, 0) is 29.7 Å². The highest BCUT2D eigenvalue weighted by Crippen LogP contribution is 2.29. The molecule has 0 aliphatic carbocycles. The smallest absolute Gasteiger partial charge is 0.262 e. The van der Waals surface area contributed by atoms with Crippen molar-refractivity contribution in [2.45, 2.75) is 4.90 Å². The first-order valence-electron chi connectivity index (χ1n) is 8.84. The quantitative estimate of drug-likeness (QED) is 0.642. The Morgan fingerprint density at radius 3 is 2.45 bits per heavy atom. The van der Waals surface area contributed by atoms with Crippen molar-refractivity contribution in [1.82, 2.24) is 4.31 Å². The van der Waals surface area contributed by atoms with Crippen LogP contribution < -0.4 is 14.8 Å². The lowest BCUT2D eigenvalue weighted by atomic mass is 10.1. The maximum atomic E-state index is 12.4. The average molecular weight is 414 g/mol. The number of anilines is 1. The number of benzene rings is 3. The second kappa shape index (κ2) is 8.50. The highest BCUT2D eigenvalue weighted by molar-refractivity contribution is 7.89. The third kappa shape index (κ3) is 4.49. The summed E-state index contributed by atoms with van der Waals surface area (Å²) in [6, 6.07) is 17.6. The maximum absolute atomic E-state index is 12.4. The molecular weight excluding hydrogens is 392 g/mol. The summed E-state index contributed by atoms with van der Waals surface area (Å²) in [7, 11) is 0.678. The summed E-state index contributed by atoms with van der Waals surface area (Å²) in [5, 5.41) is 4.57. The van der Waals surface area contributed by atoms with Crippen LogP contribution in [0.15, 0.2) is 65.6 Å². The van der Waals surface area contributed by atoms with Crippen LogP contribution in [0.25, 0.3) is 10.8 Å². The molecule has 3 rings (SSSR count). The first kappa shape index (κ1) is 20.6. The number of rotatable bonds is 7. The first-order chi connectivity index (χ1) is 13.8. The zero-order valence-electron chi connectivity index (χ0n) is 16.4. The normalized spacial score (nSPS) is 11.4. The molecule has 3 aromatic rings. The molecule has 0 aliphatic rings. The Bertz CT molecular complexity index is 1140. The van der Waals surface area contributed by atoms with Crippen molar-refractivity contribution < 1.29 is 22.7 Å². The number of amides is 1. The van der Waals surface area contributed by atoms with Crippen LogP contribution in [0.5, 0.6) is 11.5 Å². The van der Waals surface area contributed by atoms with E-state index in [-0.39, 0.29) is 17.2 Å². The Hall–Kier alpha value is -3.10. The van der Waals surface area contributed by atoms with Crippen molar-refractivity contribution in [3.05, 3.63) is 60.7 Å². The number of ether oxygens (including phenoxy) is 2. The predicted octanol–water partition coefficient (Wildman–Crippen LogP) is 3.12. The van der Waals surface area contributed by atoms with Crippen LogP contribution in [0, 0.1) is 0 Å². The molecule has 0 aliphatic heterocycles. The van der Waals surface area contributed by atoms with Gasteiger partial charge in [-0.15, -0.1) is 0 Å². The number of nitrogens with zero attached hydrogens (tertiary/aromatic N) is 1. The highest BCUT2D eigenvalue weighted by Gasteiger charge is 2.20. The summed E-state index contributed by atoms with van der Waals surface area (Å²) in [6.07, 6.45) is 0. The van der Waals surface area contributed by atoms with Crippen molar-refractivity contribution in [1.29, 1.82) is 0 Å². The van der Waals surface area contributed by atoms with E-state index in [1.165, 1.54) is 39.4 Å². The minimum absolute atomic E-state index is 0.0496. The van der Waals surface area contributed by atoms with Crippen molar-refractivity contribution in [3.63, 3.8) is 0 Å². The molecule has 0 saturated heterocycles. The van der Waals surface area contributed by atoms with E-state index in [4.69, 9.17) is 9.47 Å². The van der Waals surface area contributed by atoms with Crippen LogP contribution in [0.3, 0.4) is 0 Å². The van der Waals surface area contributed by atoms with Gasteiger partial charge in [0.15, 0.2) is 6.61 Å². The maximum Gasteiger partial charge on any atom is 0.262 e. The summed E-state index contributed by atoms with van der Waals surface area (Å²) >= 11 is 0. The molecule has 152 valence electrons. The molecular formula is C21H22N2O5S. The number of carbonyl (C=O) groups is 1. The van der Waals surface area contributed by atoms with Gasteiger partial charge in [-0.1, -0.05) is 36.4 Å². The van der Waals surface area contributed by atoms with Gasteiger partial charge in [0, 0.05) is 19.5 Å². The van der Waals surface area contributed by atoms with Gasteiger partial charge in [0.05, 0.1) is 17.7 Å². The van der Waals surface area contributed by atoms with Crippen LogP contribution in [-0.2, 0) is 14.8 Å². The lowest BCUT2D eigenvalue weighted by molar-refractivity contribution is -0.118. The van der Waals surface area contributed by atoms with Crippen LogP contribution in [0.4, 0.5) is 5.69 Å². The number of fused-ring (bicyclic) bond motifs is 1. The Kier molecular flexibility index (Phi) is 6.05. The number of sulfonamides is 1. The molecule has 0 unspecified atom stereocenters. The van der Waals surface area contributed by atoms with Gasteiger partial charge in [0.2, 0.25) is 10.0 Å². The van der Waals surface area contributed by atoms with Gasteiger partial charge in [0.25, 0.3) is 5.91 Å². The Labute approximate surface area is 169 Å². The number of hydrogen-bond donors (Lipinski definition) is 1. The van der Waals surface area contributed by atoms with Crippen LogP contribution >= 0.6 is 0 Å². The summed E-state index contributed by atoms with van der Waals surface area (Å²) in [4.78, 5) is 12.5. The first-order valence-corrected chi connectivity index (χ1v) is 10.3. The molecule has 0 aromatic heterocycles. The van der Waals surface area contributed by atoms with E-state index in [1.54, 1.807) is 6.07 Å². The third-order valence-electron chi connectivity index (χ3n) is 4.33. The lowest BCUT2D eigenvalue weighted by Gasteiger charge is -2.15. The Morgan fingerprint density at radius 1 is 1.00 bits per heavy atom. The molecule has 0 fully saturated rings.